The number of hydrogen-bond acceptors (Lipinski definition) is 2. The smallest absolute Gasteiger partial charge is 0.251 e. The van der Waals surface area contributed by atoms with E-state index in [0.717, 1.165) is 50.5 Å². The Kier molecular flexibility index (Phi) is 6.84. The van der Waals surface area contributed by atoms with Gasteiger partial charge in [-0.05, 0) is 19.1 Å². The molecule has 0 saturated carbocycles. The molecule has 1 fully saturated rings. The number of benzene rings is 1. The van der Waals surface area contributed by atoms with Gasteiger partial charge in [0, 0.05) is 5.56 Å². The van der Waals surface area contributed by atoms with Crippen LogP contribution < -0.4 is 22.6 Å². The Morgan fingerprint density at radius 3 is 2.79 bits per heavy atom. The normalized spacial score (nSPS) is 15.6. The van der Waals surface area contributed by atoms with Crippen LogP contribution in [0.2, 0.25) is 0 Å². The van der Waals surface area contributed by atoms with Crippen molar-refractivity contribution in [1.82, 2.24) is 5.32 Å². The molecule has 0 aromatic heterocycles. The first-order chi connectivity index (χ1) is 8.75. The van der Waals surface area contributed by atoms with Crippen LogP contribution in [0.5, 0.6) is 0 Å². The van der Waals surface area contributed by atoms with Gasteiger partial charge < -0.3 is 27.4 Å². The average Bonchev–Trinajstić information content (AvgIpc) is 2.40. The maximum absolute atomic E-state index is 11.9. The molecule has 1 heterocycles. The number of carbonyl (C=O) groups is 1. The first kappa shape index (κ1) is 16.0. The van der Waals surface area contributed by atoms with Crippen molar-refractivity contribution >= 4 is 5.91 Å². The van der Waals surface area contributed by atoms with Crippen LogP contribution in [0.1, 0.15) is 15.9 Å². The Balaban J connectivity index is 0.00000180. The number of morpholine rings is 1. The van der Waals surface area contributed by atoms with E-state index >= 15 is 0 Å². The third-order valence-corrected chi connectivity index (χ3v) is 3.24. The lowest BCUT2D eigenvalue weighted by atomic mass is 10.1. The summed E-state index contributed by atoms with van der Waals surface area (Å²) in [6.45, 7) is 7.45. The summed E-state index contributed by atoms with van der Waals surface area (Å²) >= 11 is 0. The van der Waals surface area contributed by atoms with Gasteiger partial charge >= 0.3 is 0 Å². The Morgan fingerprint density at radius 1 is 1.37 bits per heavy atom. The number of quaternary nitrogens is 1. The second-order valence-corrected chi connectivity index (χ2v) is 4.74. The van der Waals surface area contributed by atoms with Gasteiger partial charge in [0.25, 0.3) is 5.91 Å². The predicted octanol–water partition coefficient (Wildman–Crippen LogP) is -3.36. The molecule has 0 bridgehead atoms. The summed E-state index contributed by atoms with van der Waals surface area (Å²) < 4.78 is 5.30. The number of aryl methyl sites for hydroxylation is 1. The van der Waals surface area contributed by atoms with Crippen molar-refractivity contribution in [2.24, 2.45) is 0 Å². The number of amides is 1. The van der Waals surface area contributed by atoms with Crippen LogP contribution in [0.3, 0.4) is 0 Å². The molecule has 4 nitrogen and oxygen atoms in total. The van der Waals surface area contributed by atoms with Crippen molar-refractivity contribution in [1.29, 1.82) is 0 Å². The summed E-state index contributed by atoms with van der Waals surface area (Å²) in [5, 5.41) is 2.97. The molecule has 1 aliphatic rings. The van der Waals surface area contributed by atoms with E-state index in [1.807, 2.05) is 31.2 Å². The van der Waals surface area contributed by atoms with Crippen LogP contribution in [0.4, 0.5) is 0 Å². The molecule has 5 heteroatoms. The number of nitrogens with one attached hydrogen (secondary N) is 2. The van der Waals surface area contributed by atoms with Crippen LogP contribution in [0, 0.1) is 6.92 Å². The Morgan fingerprint density at radius 2 is 2.11 bits per heavy atom. The first-order valence-corrected chi connectivity index (χ1v) is 6.52. The molecular formula is C14H21ClN2O2. The second kappa shape index (κ2) is 8.15. The van der Waals surface area contributed by atoms with E-state index in [1.54, 1.807) is 0 Å². The minimum absolute atomic E-state index is 0. The van der Waals surface area contributed by atoms with E-state index in [1.165, 1.54) is 4.90 Å². The summed E-state index contributed by atoms with van der Waals surface area (Å²) in [7, 11) is 0. The minimum atomic E-state index is 0. The summed E-state index contributed by atoms with van der Waals surface area (Å²) in [5.41, 5.74) is 1.86. The van der Waals surface area contributed by atoms with E-state index in [2.05, 4.69) is 5.32 Å². The van der Waals surface area contributed by atoms with Crippen molar-refractivity contribution < 1.29 is 26.8 Å². The fraction of sp³-hybridized carbons (Fsp3) is 0.500. The van der Waals surface area contributed by atoms with Crippen molar-refractivity contribution in [3.63, 3.8) is 0 Å². The van der Waals surface area contributed by atoms with Crippen LogP contribution in [0.15, 0.2) is 24.3 Å². The zero-order valence-corrected chi connectivity index (χ0v) is 12.0. The average molecular weight is 285 g/mol. The van der Waals surface area contributed by atoms with Gasteiger partial charge in [0.05, 0.1) is 26.3 Å². The lowest BCUT2D eigenvalue weighted by Gasteiger charge is -2.23. The van der Waals surface area contributed by atoms with E-state index in [0.29, 0.717) is 0 Å². The highest BCUT2D eigenvalue weighted by Gasteiger charge is 2.13. The number of rotatable bonds is 4. The summed E-state index contributed by atoms with van der Waals surface area (Å²) in [4.78, 5) is 13.4. The number of ether oxygens (including phenoxy) is 1. The SMILES string of the molecule is Cc1cccc(C(=O)NCC[NH+]2CCOCC2)c1.[Cl-]. The molecule has 106 valence electrons. The molecule has 0 aliphatic carbocycles. The van der Waals surface area contributed by atoms with Crippen LogP contribution in [0.25, 0.3) is 0 Å². The van der Waals surface area contributed by atoms with Crippen LogP contribution in [-0.2, 0) is 4.74 Å². The van der Waals surface area contributed by atoms with Gasteiger partial charge in [0.2, 0.25) is 0 Å². The van der Waals surface area contributed by atoms with E-state index < -0.39 is 0 Å². The minimum Gasteiger partial charge on any atom is -1.00 e. The van der Waals surface area contributed by atoms with Gasteiger partial charge in [-0.1, -0.05) is 17.7 Å². The standard InChI is InChI=1S/C14H20N2O2.ClH/c1-12-3-2-4-13(11-12)14(17)15-5-6-16-7-9-18-10-8-16;/h2-4,11H,5-10H2,1H3,(H,15,17);1H. The maximum atomic E-state index is 11.9. The Labute approximate surface area is 120 Å². The highest BCUT2D eigenvalue weighted by atomic mass is 35.5. The fourth-order valence-electron chi connectivity index (χ4n) is 2.15. The lowest BCUT2D eigenvalue weighted by Crippen LogP contribution is -3.14. The molecule has 2 rings (SSSR count). The molecule has 0 atom stereocenters. The largest absolute Gasteiger partial charge is 1.00 e. The molecule has 1 aromatic rings. The van der Waals surface area contributed by atoms with Gasteiger partial charge in [-0.25, -0.2) is 0 Å². The summed E-state index contributed by atoms with van der Waals surface area (Å²) in [6, 6.07) is 7.67. The Bertz CT molecular complexity index is 406. The highest BCUT2D eigenvalue weighted by molar-refractivity contribution is 5.94. The molecule has 0 unspecified atom stereocenters. The molecule has 0 spiro atoms. The summed E-state index contributed by atoms with van der Waals surface area (Å²) in [5.74, 6) is 0.0198. The lowest BCUT2D eigenvalue weighted by molar-refractivity contribution is -0.906. The van der Waals surface area contributed by atoms with E-state index in [-0.39, 0.29) is 18.3 Å². The van der Waals surface area contributed by atoms with Crippen molar-refractivity contribution in [3.8, 4) is 0 Å². The third kappa shape index (κ3) is 5.19. The van der Waals surface area contributed by atoms with Crippen LogP contribution in [-0.4, -0.2) is 45.3 Å². The van der Waals surface area contributed by atoms with Crippen molar-refractivity contribution in [3.05, 3.63) is 35.4 Å². The van der Waals surface area contributed by atoms with Gasteiger partial charge in [0.15, 0.2) is 0 Å². The molecule has 1 amide bonds. The van der Waals surface area contributed by atoms with Gasteiger partial charge in [-0.2, -0.15) is 0 Å². The zero-order valence-electron chi connectivity index (χ0n) is 11.2. The zero-order chi connectivity index (χ0) is 12.8. The van der Waals surface area contributed by atoms with Crippen molar-refractivity contribution in [2.45, 2.75) is 6.92 Å². The van der Waals surface area contributed by atoms with Crippen molar-refractivity contribution in [2.75, 3.05) is 39.4 Å². The molecule has 0 radical (unpaired) electrons. The monoisotopic (exact) mass is 284 g/mol. The maximum Gasteiger partial charge on any atom is 0.251 e. The second-order valence-electron chi connectivity index (χ2n) is 4.74. The van der Waals surface area contributed by atoms with E-state index in [4.69, 9.17) is 4.74 Å². The topological polar surface area (TPSA) is 42.8 Å². The third-order valence-electron chi connectivity index (χ3n) is 3.24. The number of carbonyl (C=O) groups excluding carboxylic acids is 1. The number of hydrogen-bond donors (Lipinski definition) is 2. The molecule has 2 N–H and O–H groups in total. The summed E-state index contributed by atoms with van der Waals surface area (Å²) in [6.07, 6.45) is 0. The van der Waals surface area contributed by atoms with Gasteiger partial charge in [-0.15, -0.1) is 0 Å². The van der Waals surface area contributed by atoms with Gasteiger partial charge in [0.1, 0.15) is 13.1 Å². The first-order valence-electron chi connectivity index (χ1n) is 6.52. The molecular weight excluding hydrogens is 264 g/mol. The highest BCUT2D eigenvalue weighted by Crippen LogP contribution is 2.03. The molecule has 19 heavy (non-hydrogen) atoms. The quantitative estimate of drug-likeness (QED) is 0.607. The fourth-order valence-corrected chi connectivity index (χ4v) is 2.15. The molecule has 1 aliphatic heterocycles. The van der Waals surface area contributed by atoms with E-state index in [9.17, 15) is 4.79 Å². The molecule has 1 aromatic carbocycles. The Hall–Kier alpha value is -1.10. The van der Waals surface area contributed by atoms with Gasteiger partial charge in [-0.3, -0.25) is 4.79 Å². The molecule has 1 saturated heterocycles. The predicted molar refractivity (Wildman–Crippen MR) is 69.9 cm³/mol. The number of halogens is 1. The van der Waals surface area contributed by atoms with Crippen LogP contribution >= 0.6 is 0 Å².